The quantitative estimate of drug-likeness (QED) is 0.819. The zero-order chi connectivity index (χ0) is 14.8. The molecule has 0 aromatic heterocycles. The highest BCUT2D eigenvalue weighted by Crippen LogP contribution is 2.34. The van der Waals surface area contributed by atoms with Gasteiger partial charge in [0.1, 0.15) is 0 Å². The van der Waals surface area contributed by atoms with Crippen LogP contribution < -0.4 is 11.5 Å². The first-order chi connectivity index (χ1) is 8.62. The molecule has 0 spiro atoms. The molecule has 1 aromatic carbocycles. The average molecular weight is 291 g/mol. The summed E-state index contributed by atoms with van der Waals surface area (Å²) in [5, 5.41) is 0.0706. The molecule has 0 aliphatic heterocycles. The third-order valence-electron chi connectivity index (χ3n) is 2.86. The van der Waals surface area contributed by atoms with Crippen LogP contribution in [0.15, 0.2) is 12.1 Å². The highest BCUT2D eigenvalue weighted by Gasteiger charge is 2.26. The number of carbonyl (C=O) groups excluding carboxylic acids is 1. The Bertz CT molecular complexity index is 492. The minimum atomic E-state index is -1.02. The van der Waals surface area contributed by atoms with Gasteiger partial charge in [-0.1, -0.05) is 25.4 Å². The summed E-state index contributed by atoms with van der Waals surface area (Å²) in [6.07, 6.45) is 0.530. The van der Waals surface area contributed by atoms with Gasteiger partial charge in [0, 0.05) is 17.5 Å². The van der Waals surface area contributed by atoms with E-state index >= 15 is 0 Å². The lowest BCUT2D eigenvalue weighted by Crippen LogP contribution is -2.27. The van der Waals surface area contributed by atoms with Crippen LogP contribution in [0.1, 0.15) is 38.3 Å². The van der Waals surface area contributed by atoms with Crippen LogP contribution in [0.2, 0.25) is 5.02 Å². The Hall–Kier alpha value is -1.20. The fraction of sp³-hybridized carbons (Fsp3) is 0.462. The summed E-state index contributed by atoms with van der Waals surface area (Å²) in [7, 11) is 0. The number of amides is 1. The molecule has 4 N–H and O–H groups in total. The van der Waals surface area contributed by atoms with E-state index in [-0.39, 0.29) is 11.4 Å². The molecule has 0 saturated heterocycles. The van der Waals surface area contributed by atoms with Gasteiger partial charge in [-0.05, 0) is 29.5 Å². The maximum atomic E-state index is 13.2. The Balaban J connectivity index is 2.92. The molecule has 0 bridgehead atoms. The van der Waals surface area contributed by atoms with Crippen molar-refractivity contribution >= 4 is 17.5 Å². The van der Waals surface area contributed by atoms with E-state index in [1.54, 1.807) is 0 Å². The molecule has 1 aromatic rings. The topological polar surface area (TPSA) is 69.1 Å². The zero-order valence-electron chi connectivity index (χ0n) is 10.8. The number of hydrogen-bond donors (Lipinski definition) is 2. The van der Waals surface area contributed by atoms with Gasteiger partial charge in [-0.15, -0.1) is 0 Å². The molecule has 0 aliphatic carbocycles. The molecule has 1 unspecified atom stereocenters. The Morgan fingerprint density at radius 1 is 1.37 bits per heavy atom. The molecular weight excluding hydrogens is 274 g/mol. The number of benzene rings is 1. The molecule has 0 radical (unpaired) electrons. The Morgan fingerprint density at radius 3 is 2.42 bits per heavy atom. The fourth-order valence-corrected chi connectivity index (χ4v) is 2.36. The summed E-state index contributed by atoms with van der Waals surface area (Å²) in [5.74, 6) is -2.45. The van der Waals surface area contributed by atoms with Crippen molar-refractivity contribution in [1.29, 1.82) is 0 Å². The fourth-order valence-electron chi connectivity index (χ4n) is 2.07. The third kappa shape index (κ3) is 4.44. The summed E-state index contributed by atoms with van der Waals surface area (Å²) < 4.78 is 26.2. The van der Waals surface area contributed by atoms with Gasteiger partial charge in [-0.2, -0.15) is 0 Å². The molecular formula is C13H17ClF2N2O. The predicted molar refractivity (Wildman–Crippen MR) is 70.5 cm³/mol. The van der Waals surface area contributed by atoms with Gasteiger partial charge in [0.25, 0.3) is 0 Å². The summed E-state index contributed by atoms with van der Waals surface area (Å²) in [5.41, 5.74) is 11.0. The molecule has 1 atom stereocenters. The predicted octanol–water partition coefficient (Wildman–Crippen LogP) is 2.91. The van der Waals surface area contributed by atoms with Crippen molar-refractivity contribution in [3.05, 3.63) is 34.4 Å². The first-order valence-electron chi connectivity index (χ1n) is 5.81. The molecule has 1 amide bonds. The van der Waals surface area contributed by atoms with Gasteiger partial charge in [-0.3, -0.25) is 4.79 Å². The van der Waals surface area contributed by atoms with Crippen molar-refractivity contribution in [2.75, 3.05) is 0 Å². The van der Waals surface area contributed by atoms with Crippen molar-refractivity contribution in [1.82, 2.24) is 0 Å². The number of primary amides is 1. The highest BCUT2D eigenvalue weighted by atomic mass is 35.5. The summed E-state index contributed by atoms with van der Waals surface area (Å²) in [6.45, 7) is 3.65. The molecule has 1 rings (SSSR count). The standard InChI is InChI=1S/C13H17ClF2N2O/c1-13(2,6-12(18)19)5-11(17)7-3-9(15)10(16)4-8(7)14/h3-4,11H,5-6,17H2,1-2H3,(H2,18,19). The van der Waals surface area contributed by atoms with Crippen LogP contribution in [0.5, 0.6) is 0 Å². The first-order valence-corrected chi connectivity index (χ1v) is 6.18. The van der Waals surface area contributed by atoms with Gasteiger partial charge < -0.3 is 11.5 Å². The van der Waals surface area contributed by atoms with E-state index < -0.39 is 29.0 Å². The summed E-state index contributed by atoms with van der Waals surface area (Å²) in [4.78, 5) is 10.9. The number of rotatable bonds is 5. The molecule has 0 heterocycles. The Kier molecular flexibility index (Phi) is 4.87. The minimum absolute atomic E-state index is 0.0706. The number of halogens is 3. The van der Waals surface area contributed by atoms with E-state index in [2.05, 4.69) is 0 Å². The van der Waals surface area contributed by atoms with Crippen molar-refractivity contribution in [2.24, 2.45) is 16.9 Å². The molecule has 0 saturated carbocycles. The van der Waals surface area contributed by atoms with Crippen molar-refractivity contribution in [2.45, 2.75) is 32.7 Å². The molecule has 3 nitrogen and oxygen atoms in total. The van der Waals surface area contributed by atoms with E-state index in [0.29, 0.717) is 12.0 Å². The first kappa shape index (κ1) is 15.9. The molecule has 0 aliphatic rings. The van der Waals surface area contributed by atoms with E-state index in [9.17, 15) is 13.6 Å². The van der Waals surface area contributed by atoms with E-state index in [1.165, 1.54) is 0 Å². The second kappa shape index (κ2) is 5.84. The molecule has 6 heteroatoms. The molecule has 19 heavy (non-hydrogen) atoms. The van der Waals surface area contributed by atoms with Crippen LogP contribution in [0.4, 0.5) is 8.78 Å². The van der Waals surface area contributed by atoms with Gasteiger partial charge in [0.05, 0.1) is 0 Å². The van der Waals surface area contributed by atoms with E-state index in [1.807, 2.05) is 13.8 Å². The minimum Gasteiger partial charge on any atom is -0.370 e. The van der Waals surface area contributed by atoms with Crippen molar-refractivity contribution in [3.8, 4) is 0 Å². The maximum absolute atomic E-state index is 13.2. The molecule has 0 fully saturated rings. The smallest absolute Gasteiger partial charge is 0.217 e. The zero-order valence-corrected chi connectivity index (χ0v) is 11.6. The lowest BCUT2D eigenvalue weighted by molar-refractivity contribution is -0.120. The largest absolute Gasteiger partial charge is 0.370 e. The van der Waals surface area contributed by atoms with E-state index in [4.69, 9.17) is 23.1 Å². The second-order valence-corrected chi connectivity index (χ2v) is 5.81. The normalized spacial score (nSPS) is 13.4. The highest BCUT2D eigenvalue weighted by molar-refractivity contribution is 6.31. The van der Waals surface area contributed by atoms with Crippen LogP contribution in [0.25, 0.3) is 0 Å². The van der Waals surface area contributed by atoms with Crippen LogP contribution in [0, 0.1) is 17.0 Å². The number of hydrogen-bond acceptors (Lipinski definition) is 2. The van der Waals surface area contributed by atoms with Crippen LogP contribution in [0.3, 0.4) is 0 Å². The number of carbonyl (C=O) groups is 1. The number of nitrogens with two attached hydrogens (primary N) is 2. The van der Waals surface area contributed by atoms with Crippen LogP contribution >= 0.6 is 11.6 Å². The van der Waals surface area contributed by atoms with E-state index in [0.717, 1.165) is 12.1 Å². The SMILES string of the molecule is CC(C)(CC(N)=O)CC(N)c1cc(F)c(F)cc1Cl. The third-order valence-corrected chi connectivity index (χ3v) is 3.19. The lowest BCUT2D eigenvalue weighted by atomic mass is 9.81. The Morgan fingerprint density at radius 2 is 1.89 bits per heavy atom. The van der Waals surface area contributed by atoms with Gasteiger partial charge in [0.15, 0.2) is 11.6 Å². The van der Waals surface area contributed by atoms with Gasteiger partial charge in [0.2, 0.25) is 5.91 Å². The molecule has 106 valence electrons. The van der Waals surface area contributed by atoms with Gasteiger partial charge >= 0.3 is 0 Å². The second-order valence-electron chi connectivity index (χ2n) is 5.41. The van der Waals surface area contributed by atoms with Crippen molar-refractivity contribution < 1.29 is 13.6 Å². The average Bonchev–Trinajstić information content (AvgIpc) is 2.20. The van der Waals surface area contributed by atoms with Crippen LogP contribution in [-0.4, -0.2) is 5.91 Å². The summed E-state index contributed by atoms with van der Waals surface area (Å²) >= 11 is 5.85. The maximum Gasteiger partial charge on any atom is 0.217 e. The monoisotopic (exact) mass is 290 g/mol. The lowest BCUT2D eigenvalue weighted by Gasteiger charge is -2.27. The Labute approximate surface area is 115 Å². The van der Waals surface area contributed by atoms with Crippen LogP contribution in [-0.2, 0) is 4.79 Å². The summed E-state index contributed by atoms with van der Waals surface area (Å²) in [6, 6.07) is 1.28. The van der Waals surface area contributed by atoms with Gasteiger partial charge in [-0.25, -0.2) is 8.78 Å². The van der Waals surface area contributed by atoms with Crippen molar-refractivity contribution in [3.63, 3.8) is 0 Å².